The number of hydrogen-bond donors (Lipinski definition) is 1. The molecule has 0 saturated heterocycles. The lowest BCUT2D eigenvalue weighted by atomic mass is 9.94. The molecular weight excluding hydrogens is 459 g/mol. The van der Waals surface area contributed by atoms with E-state index in [9.17, 15) is 9.18 Å². The molecule has 1 N–H and O–H groups in total. The van der Waals surface area contributed by atoms with Crippen LogP contribution < -0.4 is 10.1 Å². The van der Waals surface area contributed by atoms with Crippen molar-refractivity contribution in [3.63, 3.8) is 0 Å². The minimum Gasteiger partial charge on any atom is -0.494 e. The highest BCUT2D eigenvalue weighted by molar-refractivity contribution is 5.86. The summed E-state index contributed by atoms with van der Waals surface area (Å²) in [6.45, 7) is 4.67. The molecule has 4 aromatic rings. The minimum atomic E-state index is -0.495. The van der Waals surface area contributed by atoms with Crippen LogP contribution in [0.15, 0.2) is 89.1 Å². The molecule has 2 heterocycles. The number of allylic oxidation sites excluding steroid dienone is 1. The fraction of sp³-hybridized carbons (Fsp3) is 0.179. The molecule has 1 atom stereocenters. The maximum atomic E-state index is 13.8. The molecule has 1 aromatic heterocycles. The van der Waals surface area contributed by atoms with Crippen LogP contribution in [0.4, 0.5) is 9.18 Å². The lowest BCUT2D eigenvalue weighted by Gasteiger charge is -2.35. The van der Waals surface area contributed by atoms with E-state index < -0.39 is 6.04 Å². The minimum absolute atomic E-state index is 0.239. The number of ether oxygens (including phenoxy) is 1. The molecule has 8 heteroatoms. The number of carbonyl (C=O) groups excluding carboxylic acids is 1. The molecular formula is C28H25FN4O3. The number of urea groups is 1. The number of carbonyl (C=O) groups is 1. The summed E-state index contributed by atoms with van der Waals surface area (Å²) in [5, 5.41) is 7.18. The van der Waals surface area contributed by atoms with E-state index in [0.717, 1.165) is 16.9 Å². The van der Waals surface area contributed by atoms with Gasteiger partial charge >= 0.3 is 6.03 Å². The number of benzene rings is 3. The van der Waals surface area contributed by atoms with Crippen molar-refractivity contribution in [2.24, 2.45) is 0 Å². The SMILES string of the molecule is CCOc1cccc(CN2C(=O)NC(c3ccccc3)C(c3nc(-c4cccc(F)c4)no3)=C2C)c1. The first-order valence-corrected chi connectivity index (χ1v) is 11.7. The summed E-state index contributed by atoms with van der Waals surface area (Å²) < 4.78 is 25.1. The highest BCUT2D eigenvalue weighted by atomic mass is 19.1. The lowest BCUT2D eigenvalue weighted by Crippen LogP contribution is -2.45. The van der Waals surface area contributed by atoms with Gasteiger partial charge in [0.1, 0.15) is 11.6 Å². The van der Waals surface area contributed by atoms with Crippen molar-refractivity contribution in [2.45, 2.75) is 26.4 Å². The molecule has 7 nitrogen and oxygen atoms in total. The van der Waals surface area contributed by atoms with E-state index in [-0.39, 0.29) is 23.6 Å². The molecule has 1 unspecified atom stereocenters. The van der Waals surface area contributed by atoms with Gasteiger partial charge in [-0.05, 0) is 49.2 Å². The maximum Gasteiger partial charge on any atom is 0.322 e. The maximum absolute atomic E-state index is 13.8. The molecule has 0 aliphatic carbocycles. The summed E-state index contributed by atoms with van der Waals surface area (Å²) >= 11 is 0. The molecule has 1 aliphatic heterocycles. The standard InChI is InChI=1S/C28H25FN4O3/c1-3-35-23-14-7-9-19(15-23)17-33-18(2)24(25(30-28(33)34)20-10-5-4-6-11-20)27-31-26(32-36-27)21-12-8-13-22(29)16-21/h4-16,25H,3,17H2,1-2H3,(H,30,34). The Balaban J connectivity index is 1.57. The van der Waals surface area contributed by atoms with E-state index in [0.29, 0.717) is 30.0 Å². The van der Waals surface area contributed by atoms with Gasteiger partial charge in [0, 0.05) is 11.3 Å². The summed E-state index contributed by atoms with van der Waals surface area (Å²) in [5.74, 6) is 0.882. The van der Waals surface area contributed by atoms with Crippen molar-refractivity contribution in [2.75, 3.05) is 6.61 Å². The average Bonchev–Trinajstić information content (AvgIpc) is 3.37. The molecule has 0 radical (unpaired) electrons. The van der Waals surface area contributed by atoms with Gasteiger partial charge in [0.25, 0.3) is 5.89 Å². The van der Waals surface area contributed by atoms with Gasteiger partial charge in [0.15, 0.2) is 0 Å². The molecule has 0 spiro atoms. The number of amides is 2. The molecule has 5 rings (SSSR count). The third-order valence-electron chi connectivity index (χ3n) is 6.02. The smallest absolute Gasteiger partial charge is 0.322 e. The zero-order valence-electron chi connectivity index (χ0n) is 19.9. The van der Waals surface area contributed by atoms with Gasteiger partial charge in [-0.3, -0.25) is 4.90 Å². The van der Waals surface area contributed by atoms with Gasteiger partial charge in [0.2, 0.25) is 5.82 Å². The first-order valence-electron chi connectivity index (χ1n) is 11.7. The summed E-state index contributed by atoms with van der Waals surface area (Å²) in [6.07, 6.45) is 0. The molecule has 36 heavy (non-hydrogen) atoms. The highest BCUT2D eigenvalue weighted by Gasteiger charge is 2.35. The van der Waals surface area contributed by atoms with Gasteiger partial charge in [-0.25, -0.2) is 9.18 Å². The summed E-state index contributed by atoms with van der Waals surface area (Å²) in [5.41, 5.74) is 3.66. The zero-order chi connectivity index (χ0) is 25.1. The predicted octanol–water partition coefficient (Wildman–Crippen LogP) is 5.97. The lowest BCUT2D eigenvalue weighted by molar-refractivity contribution is 0.203. The first-order chi connectivity index (χ1) is 17.5. The van der Waals surface area contributed by atoms with Crippen LogP contribution in [0.5, 0.6) is 5.75 Å². The fourth-order valence-electron chi connectivity index (χ4n) is 4.30. The van der Waals surface area contributed by atoms with Crippen LogP contribution in [-0.4, -0.2) is 27.7 Å². The van der Waals surface area contributed by atoms with E-state index in [1.54, 1.807) is 17.0 Å². The van der Waals surface area contributed by atoms with Crippen molar-refractivity contribution >= 4 is 11.6 Å². The van der Waals surface area contributed by atoms with Gasteiger partial charge < -0.3 is 14.6 Å². The van der Waals surface area contributed by atoms with Crippen LogP contribution in [0.2, 0.25) is 0 Å². The Hall–Kier alpha value is -4.46. The Labute approximate surface area is 208 Å². The Morgan fingerprint density at radius 2 is 1.86 bits per heavy atom. The highest BCUT2D eigenvalue weighted by Crippen LogP contribution is 2.38. The van der Waals surface area contributed by atoms with Crippen LogP contribution in [0.25, 0.3) is 17.0 Å². The Morgan fingerprint density at radius 1 is 1.06 bits per heavy atom. The van der Waals surface area contributed by atoms with E-state index >= 15 is 0 Å². The second kappa shape index (κ2) is 10.0. The molecule has 1 aliphatic rings. The number of hydrogen-bond acceptors (Lipinski definition) is 5. The van der Waals surface area contributed by atoms with Gasteiger partial charge in [-0.2, -0.15) is 4.98 Å². The largest absolute Gasteiger partial charge is 0.494 e. The third kappa shape index (κ3) is 4.70. The van der Waals surface area contributed by atoms with Crippen LogP contribution in [-0.2, 0) is 6.54 Å². The third-order valence-corrected chi connectivity index (χ3v) is 6.02. The normalized spacial score (nSPS) is 15.7. The fourth-order valence-corrected chi connectivity index (χ4v) is 4.30. The van der Waals surface area contributed by atoms with Crippen LogP contribution in [0, 0.1) is 5.82 Å². The summed E-state index contributed by atoms with van der Waals surface area (Å²) in [6, 6.07) is 22.5. The van der Waals surface area contributed by atoms with Crippen molar-refractivity contribution in [3.05, 3.63) is 107 Å². The molecule has 0 bridgehead atoms. The Kier molecular flexibility index (Phi) is 6.49. The quantitative estimate of drug-likeness (QED) is 0.349. The monoisotopic (exact) mass is 484 g/mol. The van der Waals surface area contributed by atoms with Crippen LogP contribution >= 0.6 is 0 Å². The second-order valence-electron chi connectivity index (χ2n) is 8.39. The number of rotatable bonds is 7. The van der Waals surface area contributed by atoms with Gasteiger partial charge in [0.05, 0.1) is 24.8 Å². The average molecular weight is 485 g/mol. The van der Waals surface area contributed by atoms with Crippen molar-refractivity contribution in [3.8, 4) is 17.1 Å². The van der Waals surface area contributed by atoms with E-state index in [2.05, 4.69) is 15.5 Å². The number of nitrogens with one attached hydrogen (secondary N) is 1. The predicted molar refractivity (Wildman–Crippen MR) is 133 cm³/mol. The first kappa shape index (κ1) is 23.3. The van der Waals surface area contributed by atoms with Crippen LogP contribution in [0.1, 0.15) is 36.9 Å². The Bertz CT molecular complexity index is 1420. The number of aromatic nitrogens is 2. The summed E-state index contributed by atoms with van der Waals surface area (Å²) in [4.78, 5) is 19.5. The van der Waals surface area contributed by atoms with Crippen molar-refractivity contribution in [1.29, 1.82) is 0 Å². The number of halogens is 1. The molecule has 0 fully saturated rings. The molecule has 182 valence electrons. The van der Waals surface area contributed by atoms with E-state index in [1.807, 2.05) is 68.4 Å². The van der Waals surface area contributed by atoms with Crippen molar-refractivity contribution in [1.82, 2.24) is 20.4 Å². The molecule has 0 saturated carbocycles. The summed E-state index contributed by atoms with van der Waals surface area (Å²) in [7, 11) is 0. The second-order valence-corrected chi connectivity index (χ2v) is 8.39. The van der Waals surface area contributed by atoms with E-state index in [4.69, 9.17) is 9.26 Å². The van der Waals surface area contributed by atoms with Gasteiger partial charge in [-0.15, -0.1) is 0 Å². The zero-order valence-corrected chi connectivity index (χ0v) is 19.9. The Morgan fingerprint density at radius 3 is 2.64 bits per heavy atom. The van der Waals surface area contributed by atoms with E-state index in [1.165, 1.54) is 12.1 Å². The van der Waals surface area contributed by atoms with Crippen LogP contribution in [0.3, 0.4) is 0 Å². The topological polar surface area (TPSA) is 80.5 Å². The number of nitrogens with zero attached hydrogens (tertiary/aromatic N) is 3. The van der Waals surface area contributed by atoms with Crippen molar-refractivity contribution < 1.29 is 18.4 Å². The van der Waals surface area contributed by atoms with Gasteiger partial charge in [-0.1, -0.05) is 59.8 Å². The molecule has 2 amide bonds. The molecule has 3 aromatic carbocycles.